The van der Waals surface area contributed by atoms with E-state index in [9.17, 15) is 9.59 Å². The molecule has 5 nitrogen and oxygen atoms in total. The summed E-state index contributed by atoms with van der Waals surface area (Å²) in [6.45, 7) is 3.46. The van der Waals surface area contributed by atoms with E-state index in [1.807, 2.05) is 37.3 Å². The van der Waals surface area contributed by atoms with Crippen LogP contribution < -0.4 is 4.90 Å². The number of carbonyl (C=O) groups excluding carboxylic acids is 2. The van der Waals surface area contributed by atoms with Gasteiger partial charge in [-0.15, -0.1) is 0 Å². The van der Waals surface area contributed by atoms with Crippen LogP contribution in [0.4, 0.5) is 5.69 Å². The summed E-state index contributed by atoms with van der Waals surface area (Å²) in [5, 5.41) is 1.27. The second kappa shape index (κ2) is 6.06. The number of nitrogens with zero attached hydrogens (tertiary/aromatic N) is 2. The van der Waals surface area contributed by atoms with Crippen molar-refractivity contribution in [1.29, 1.82) is 0 Å². The fraction of sp³-hybridized carbons (Fsp3) is 0.273. The quantitative estimate of drug-likeness (QED) is 0.715. The molecule has 1 atom stereocenters. The van der Waals surface area contributed by atoms with Gasteiger partial charge in [0.15, 0.2) is 0 Å². The molecule has 1 N–H and O–H groups in total. The summed E-state index contributed by atoms with van der Waals surface area (Å²) in [5.41, 5.74) is 5.42. The minimum absolute atomic E-state index is 0.108. The van der Waals surface area contributed by atoms with Gasteiger partial charge in [-0.1, -0.05) is 35.9 Å². The summed E-state index contributed by atoms with van der Waals surface area (Å²) in [6.07, 6.45) is 1.14. The number of hydrogen-bond donors (Lipinski definition) is 1. The summed E-state index contributed by atoms with van der Waals surface area (Å²) < 4.78 is 0. The minimum Gasteiger partial charge on any atom is -0.357 e. The smallest absolute Gasteiger partial charge is 0.251 e. The van der Waals surface area contributed by atoms with Crippen LogP contribution in [0.5, 0.6) is 0 Å². The highest BCUT2D eigenvalue weighted by Gasteiger charge is 2.43. The van der Waals surface area contributed by atoms with Crippen LogP contribution in [-0.4, -0.2) is 34.3 Å². The molecule has 0 radical (unpaired) electrons. The highest BCUT2D eigenvalue weighted by molar-refractivity contribution is 6.22. The lowest BCUT2D eigenvalue weighted by molar-refractivity contribution is -0.123. The van der Waals surface area contributed by atoms with Crippen molar-refractivity contribution in [3.05, 3.63) is 65.4 Å². The minimum atomic E-state index is -0.377. The van der Waals surface area contributed by atoms with Crippen LogP contribution in [-0.2, 0) is 22.6 Å². The number of rotatable bonds is 2. The Labute approximate surface area is 157 Å². The van der Waals surface area contributed by atoms with Crippen molar-refractivity contribution in [2.45, 2.75) is 32.4 Å². The van der Waals surface area contributed by atoms with Gasteiger partial charge in [-0.2, -0.15) is 0 Å². The third-order valence-corrected chi connectivity index (χ3v) is 5.77. The van der Waals surface area contributed by atoms with Crippen molar-refractivity contribution in [2.24, 2.45) is 0 Å². The average molecular weight is 359 g/mol. The number of amides is 2. The van der Waals surface area contributed by atoms with Gasteiger partial charge in [0.25, 0.3) is 5.91 Å². The number of fused-ring (bicyclic) bond motifs is 3. The molecule has 3 aromatic rings. The van der Waals surface area contributed by atoms with E-state index >= 15 is 0 Å². The molecule has 1 aromatic heterocycles. The number of carbonyl (C=O) groups is 2. The molecule has 2 aliphatic rings. The first-order valence-corrected chi connectivity index (χ1v) is 9.38. The van der Waals surface area contributed by atoms with Gasteiger partial charge in [0.05, 0.1) is 18.2 Å². The van der Waals surface area contributed by atoms with Crippen molar-refractivity contribution in [2.75, 3.05) is 11.4 Å². The van der Waals surface area contributed by atoms with E-state index in [2.05, 4.69) is 28.1 Å². The molecule has 136 valence electrons. The first-order chi connectivity index (χ1) is 13.1. The number of benzene rings is 2. The van der Waals surface area contributed by atoms with E-state index in [1.165, 1.54) is 15.8 Å². The summed E-state index contributed by atoms with van der Waals surface area (Å²) >= 11 is 0. The van der Waals surface area contributed by atoms with Crippen LogP contribution in [0.3, 0.4) is 0 Å². The topological polar surface area (TPSA) is 56.4 Å². The van der Waals surface area contributed by atoms with E-state index in [1.54, 1.807) is 0 Å². The zero-order valence-corrected chi connectivity index (χ0v) is 15.2. The number of hydrogen-bond acceptors (Lipinski definition) is 3. The Bertz CT molecular complexity index is 1050. The molecule has 3 heterocycles. The van der Waals surface area contributed by atoms with Crippen LogP contribution in [0.1, 0.15) is 23.2 Å². The third-order valence-electron chi connectivity index (χ3n) is 5.77. The molecule has 2 aliphatic heterocycles. The number of nitrogens with one attached hydrogen (secondary N) is 1. The van der Waals surface area contributed by atoms with Crippen LogP contribution in [0.15, 0.2) is 48.5 Å². The maximum absolute atomic E-state index is 13.0. The van der Waals surface area contributed by atoms with E-state index in [4.69, 9.17) is 0 Å². The summed E-state index contributed by atoms with van der Waals surface area (Å²) in [6, 6.07) is 15.5. The largest absolute Gasteiger partial charge is 0.357 e. The van der Waals surface area contributed by atoms with Gasteiger partial charge in [0, 0.05) is 29.7 Å². The fourth-order valence-electron chi connectivity index (χ4n) is 4.35. The number of H-pyrrole nitrogens is 1. The second-order valence-corrected chi connectivity index (χ2v) is 7.47. The van der Waals surface area contributed by atoms with Crippen molar-refractivity contribution >= 4 is 28.4 Å². The average Bonchev–Trinajstić information content (AvgIpc) is 3.19. The van der Waals surface area contributed by atoms with Crippen LogP contribution in [0.25, 0.3) is 10.9 Å². The lowest BCUT2D eigenvalue weighted by Crippen LogP contribution is -2.44. The Morgan fingerprint density at radius 1 is 1.04 bits per heavy atom. The molecule has 5 heteroatoms. The van der Waals surface area contributed by atoms with E-state index in [0.29, 0.717) is 12.2 Å². The van der Waals surface area contributed by atoms with E-state index in [-0.39, 0.29) is 24.3 Å². The lowest BCUT2D eigenvalue weighted by atomic mass is 10.0. The number of aryl methyl sites for hydroxylation is 1. The van der Waals surface area contributed by atoms with Crippen molar-refractivity contribution in [1.82, 2.24) is 9.88 Å². The van der Waals surface area contributed by atoms with Gasteiger partial charge in [0.1, 0.15) is 0 Å². The summed E-state index contributed by atoms with van der Waals surface area (Å²) in [4.78, 5) is 32.6. The predicted molar refractivity (Wildman–Crippen MR) is 104 cm³/mol. The molecular formula is C22H21N3O2. The van der Waals surface area contributed by atoms with E-state index in [0.717, 1.165) is 29.7 Å². The molecule has 27 heavy (non-hydrogen) atoms. The normalized spacial score (nSPS) is 20.5. The van der Waals surface area contributed by atoms with Gasteiger partial charge in [-0.05, 0) is 37.1 Å². The van der Waals surface area contributed by atoms with E-state index < -0.39 is 0 Å². The zero-order chi connectivity index (χ0) is 18.5. The molecule has 0 unspecified atom stereocenters. The SMILES string of the molecule is Cc1ccc(N2C(=O)C[C@@H](N3CCc4c([nH]c5ccccc45)C3)C2=O)cc1. The number of anilines is 1. The fourth-order valence-corrected chi connectivity index (χ4v) is 4.35. The standard InChI is InChI=1S/C22H21N3O2/c1-14-6-8-15(9-7-14)25-21(26)12-20(22(25)27)24-11-10-17-16-4-2-3-5-18(16)23-19(17)13-24/h2-9,20,23H,10-13H2,1H3/t20-/m1/s1. The highest BCUT2D eigenvalue weighted by atomic mass is 16.2. The second-order valence-electron chi connectivity index (χ2n) is 7.47. The summed E-state index contributed by atoms with van der Waals surface area (Å²) in [5.74, 6) is -0.222. The Morgan fingerprint density at radius 3 is 2.63 bits per heavy atom. The number of para-hydroxylation sites is 1. The first kappa shape index (κ1) is 16.3. The molecule has 1 saturated heterocycles. The van der Waals surface area contributed by atoms with Gasteiger partial charge in [-0.25, -0.2) is 4.90 Å². The monoisotopic (exact) mass is 359 g/mol. The zero-order valence-electron chi connectivity index (χ0n) is 15.2. The number of aromatic nitrogens is 1. The molecule has 0 bridgehead atoms. The van der Waals surface area contributed by atoms with Gasteiger partial charge in [0.2, 0.25) is 5.91 Å². The maximum Gasteiger partial charge on any atom is 0.251 e. The third kappa shape index (κ3) is 2.58. The van der Waals surface area contributed by atoms with Crippen LogP contribution in [0.2, 0.25) is 0 Å². The molecule has 5 rings (SSSR count). The van der Waals surface area contributed by atoms with Gasteiger partial charge >= 0.3 is 0 Å². The summed E-state index contributed by atoms with van der Waals surface area (Å²) in [7, 11) is 0. The lowest BCUT2D eigenvalue weighted by Gasteiger charge is -2.30. The Morgan fingerprint density at radius 2 is 1.81 bits per heavy atom. The Hall–Kier alpha value is -2.92. The Kier molecular flexibility index (Phi) is 3.65. The molecule has 1 fully saturated rings. The van der Waals surface area contributed by atoms with Crippen LogP contribution >= 0.6 is 0 Å². The van der Waals surface area contributed by atoms with Gasteiger partial charge in [-0.3, -0.25) is 14.5 Å². The first-order valence-electron chi connectivity index (χ1n) is 9.38. The highest BCUT2D eigenvalue weighted by Crippen LogP contribution is 2.32. The molecule has 0 spiro atoms. The number of aromatic amines is 1. The maximum atomic E-state index is 13.0. The molecular weight excluding hydrogens is 338 g/mol. The molecule has 0 saturated carbocycles. The molecule has 0 aliphatic carbocycles. The predicted octanol–water partition coefficient (Wildman–Crippen LogP) is 3.17. The Balaban J connectivity index is 1.41. The molecule has 2 amide bonds. The van der Waals surface area contributed by atoms with Crippen LogP contribution in [0, 0.1) is 6.92 Å². The van der Waals surface area contributed by atoms with Crippen molar-refractivity contribution < 1.29 is 9.59 Å². The van der Waals surface area contributed by atoms with Gasteiger partial charge < -0.3 is 4.98 Å². The van der Waals surface area contributed by atoms with Crippen molar-refractivity contribution in [3.63, 3.8) is 0 Å². The number of imide groups is 1. The van der Waals surface area contributed by atoms with Crippen molar-refractivity contribution in [3.8, 4) is 0 Å². The molecule has 2 aromatic carbocycles.